The van der Waals surface area contributed by atoms with Crippen molar-refractivity contribution in [2.45, 2.75) is 25.8 Å². The van der Waals surface area contributed by atoms with Crippen molar-refractivity contribution in [2.75, 3.05) is 20.3 Å². The molecule has 0 radical (unpaired) electrons. The Balaban J connectivity index is 2.08. The predicted octanol–water partition coefficient (Wildman–Crippen LogP) is 3.87. The van der Waals surface area contributed by atoms with Crippen molar-refractivity contribution in [3.05, 3.63) is 59.2 Å². The first-order chi connectivity index (χ1) is 13.2. The van der Waals surface area contributed by atoms with E-state index in [-0.39, 0.29) is 36.9 Å². The molecule has 0 bridgehead atoms. The highest BCUT2D eigenvalue weighted by molar-refractivity contribution is 5.97. The van der Waals surface area contributed by atoms with Crippen LogP contribution >= 0.6 is 0 Å². The summed E-state index contributed by atoms with van der Waals surface area (Å²) in [5.74, 6) is 0.308. The summed E-state index contributed by atoms with van der Waals surface area (Å²) in [4.78, 5) is 11.9. The maximum atomic E-state index is 12.8. The fourth-order valence-corrected chi connectivity index (χ4v) is 2.43. The lowest BCUT2D eigenvalue weighted by Crippen LogP contribution is -2.23. The van der Waals surface area contributed by atoms with Crippen LogP contribution < -0.4 is 9.47 Å². The lowest BCUT2D eigenvalue weighted by Gasteiger charge is -2.15. The zero-order valence-corrected chi connectivity index (χ0v) is 15.5. The number of benzene rings is 2. The minimum Gasteiger partial charge on any atom is -0.490 e. The van der Waals surface area contributed by atoms with Crippen LogP contribution in [-0.2, 0) is 17.5 Å². The molecule has 2 rings (SSSR count). The van der Waals surface area contributed by atoms with Crippen molar-refractivity contribution in [3.8, 4) is 11.5 Å². The maximum absolute atomic E-state index is 12.8. The van der Waals surface area contributed by atoms with Crippen LogP contribution in [0.25, 0.3) is 0 Å². The molecule has 1 N–H and O–H groups in total. The minimum absolute atomic E-state index is 0.0570. The molecule has 0 aliphatic heterocycles. The second-order valence-electron chi connectivity index (χ2n) is 6.12. The van der Waals surface area contributed by atoms with E-state index in [1.165, 1.54) is 44.4 Å². The highest BCUT2D eigenvalue weighted by Crippen LogP contribution is 2.30. The Morgan fingerprint density at radius 1 is 1.11 bits per heavy atom. The second-order valence-corrected chi connectivity index (χ2v) is 6.12. The Labute approximate surface area is 160 Å². The molecule has 0 heterocycles. The first kappa shape index (κ1) is 21.7. The number of alkyl halides is 3. The van der Waals surface area contributed by atoms with Gasteiger partial charge in [0.15, 0.2) is 5.78 Å². The third kappa shape index (κ3) is 6.24. The lowest BCUT2D eigenvalue weighted by atomic mass is 10.1. The van der Waals surface area contributed by atoms with Crippen LogP contribution in [0.15, 0.2) is 42.5 Å². The average Bonchev–Trinajstić information content (AvgIpc) is 2.64. The molecule has 0 amide bonds. The van der Waals surface area contributed by atoms with Crippen molar-refractivity contribution < 1.29 is 37.3 Å². The largest absolute Gasteiger partial charge is 0.490 e. The summed E-state index contributed by atoms with van der Waals surface area (Å²) < 4.78 is 54.1. The van der Waals surface area contributed by atoms with Crippen molar-refractivity contribution in [2.24, 2.45) is 0 Å². The van der Waals surface area contributed by atoms with Gasteiger partial charge in [-0.15, -0.1) is 0 Å². The van der Waals surface area contributed by atoms with E-state index in [0.717, 1.165) is 12.1 Å². The van der Waals surface area contributed by atoms with Crippen LogP contribution in [0.4, 0.5) is 13.2 Å². The van der Waals surface area contributed by atoms with E-state index in [1.54, 1.807) is 0 Å². The number of ketones is 1. The molecule has 0 aliphatic carbocycles. The molecule has 0 unspecified atom stereocenters. The Bertz CT molecular complexity index is 805. The molecule has 0 saturated carbocycles. The van der Waals surface area contributed by atoms with Gasteiger partial charge in [-0.2, -0.15) is 13.2 Å². The van der Waals surface area contributed by atoms with E-state index >= 15 is 0 Å². The molecular formula is C20H21F3O5. The molecule has 2 aromatic rings. The van der Waals surface area contributed by atoms with Crippen molar-refractivity contribution in [1.29, 1.82) is 0 Å². The summed E-state index contributed by atoms with van der Waals surface area (Å²) in [6.07, 6.45) is -5.27. The molecule has 0 fully saturated rings. The number of methoxy groups -OCH3 is 1. The first-order valence-corrected chi connectivity index (χ1v) is 8.44. The van der Waals surface area contributed by atoms with Gasteiger partial charge in [-0.05, 0) is 42.8 Å². The molecule has 8 heteroatoms. The van der Waals surface area contributed by atoms with Gasteiger partial charge >= 0.3 is 6.18 Å². The Kier molecular flexibility index (Phi) is 7.42. The number of rotatable bonds is 9. The number of hydrogen-bond donors (Lipinski definition) is 1. The fraction of sp³-hybridized carbons (Fsp3) is 0.350. The molecule has 152 valence electrons. The number of carbonyl (C=O) groups excluding carboxylic acids is 1. The molecule has 5 nitrogen and oxygen atoms in total. The smallest absolute Gasteiger partial charge is 0.416 e. The Morgan fingerprint density at radius 3 is 2.50 bits per heavy atom. The van der Waals surface area contributed by atoms with E-state index in [1.807, 2.05) is 0 Å². The van der Waals surface area contributed by atoms with Crippen LogP contribution in [-0.4, -0.2) is 37.3 Å². The predicted molar refractivity (Wildman–Crippen MR) is 95.6 cm³/mol. The van der Waals surface area contributed by atoms with Crippen LogP contribution in [0.5, 0.6) is 11.5 Å². The summed E-state index contributed by atoms with van der Waals surface area (Å²) in [6, 6.07) is 9.34. The highest BCUT2D eigenvalue weighted by Gasteiger charge is 2.30. The summed E-state index contributed by atoms with van der Waals surface area (Å²) in [5.41, 5.74) is -0.162. The standard InChI is InChI=1S/C20H21F3O5/c1-13(24)18-9-17(6-7-19(18)28-12-16(25)11-26-2)27-10-14-4-3-5-15(8-14)20(21,22)23/h3-9,16,25H,10-12H2,1-2H3/t16-/m1/s1. The minimum atomic E-state index is -4.43. The van der Waals surface area contributed by atoms with E-state index in [2.05, 4.69) is 0 Å². The monoisotopic (exact) mass is 398 g/mol. The zero-order valence-electron chi connectivity index (χ0n) is 15.5. The van der Waals surface area contributed by atoms with E-state index in [4.69, 9.17) is 14.2 Å². The molecule has 0 saturated heterocycles. The highest BCUT2D eigenvalue weighted by atomic mass is 19.4. The summed E-state index contributed by atoms with van der Waals surface area (Å²) in [7, 11) is 1.45. The van der Waals surface area contributed by atoms with E-state index in [9.17, 15) is 23.1 Å². The summed E-state index contributed by atoms with van der Waals surface area (Å²) in [5, 5.41) is 9.64. The zero-order chi connectivity index (χ0) is 20.7. The normalized spacial score (nSPS) is 12.5. The number of ether oxygens (including phenoxy) is 3. The molecule has 1 atom stereocenters. The number of Topliss-reactive ketones (excluding diaryl/α,β-unsaturated/α-hetero) is 1. The molecule has 2 aromatic carbocycles. The topological polar surface area (TPSA) is 65.0 Å². The number of hydrogen-bond acceptors (Lipinski definition) is 5. The number of aliphatic hydroxyl groups excluding tert-OH is 1. The third-order valence-electron chi connectivity index (χ3n) is 3.78. The van der Waals surface area contributed by atoms with Gasteiger partial charge < -0.3 is 19.3 Å². The quantitative estimate of drug-likeness (QED) is 0.650. The Hall–Kier alpha value is -2.58. The summed E-state index contributed by atoms with van der Waals surface area (Å²) >= 11 is 0. The third-order valence-corrected chi connectivity index (χ3v) is 3.78. The van der Waals surface area contributed by atoms with Gasteiger partial charge in [0.1, 0.15) is 30.8 Å². The molecule has 28 heavy (non-hydrogen) atoms. The van der Waals surface area contributed by atoms with Gasteiger partial charge in [0.25, 0.3) is 0 Å². The maximum Gasteiger partial charge on any atom is 0.416 e. The molecular weight excluding hydrogens is 377 g/mol. The lowest BCUT2D eigenvalue weighted by molar-refractivity contribution is -0.137. The summed E-state index contributed by atoms with van der Waals surface area (Å²) in [6.45, 7) is 1.30. The number of carbonyl (C=O) groups is 1. The van der Waals surface area contributed by atoms with Crippen LogP contribution in [0.3, 0.4) is 0 Å². The second kappa shape index (κ2) is 9.57. The average molecular weight is 398 g/mol. The van der Waals surface area contributed by atoms with Gasteiger partial charge in [0.05, 0.1) is 17.7 Å². The number of halogens is 3. The SMILES string of the molecule is COC[C@@H](O)COc1ccc(OCc2cccc(C(F)(F)F)c2)cc1C(C)=O. The fourth-order valence-electron chi connectivity index (χ4n) is 2.43. The van der Waals surface area contributed by atoms with Crippen LogP contribution in [0, 0.1) is 0 Å². The molecule has 0 aliphatic rings. The van der Waals surface area contributed by atoms with Gasteiger partial charge in [0.2, 0.25) is 0 Å². The van der Waals surface area contributed by atoms with E-state index < -0.39 is 17.8 Å². The Morgan fingerprint density at radius 2 is 1.86 bits per heavy atom. The van der Waals surface area contributed by atoms with Gasteiger partial charge in [0, 0.05) is 7.11 Å². The first-order valence-electron chi connectivity index (χ1n) is 8.44. The van der Waals surface area contributed by atoms with Crippen LogP contribution in [0.1, 0.15) is 28.4 Å². The number of aliphatic hydroxyl groups is 1. The van der Waals surface area contributed by atoms with Crippen molar-refractivity contribution in [1.82, 2.24) is 0 Å². The van der Waals surface area contributed by atoms with Gasteiger partial charge in [-0.25, -0.2) is 0 Å². The molecule has 0 spiro atoms. The van der Waals surface area contributed by atoms with Crippen molar-refractivity contribution >= 4 is 5.78 Å². The van der Waals surface area contributed by atoms with Gasteiger partial charge in [-0.3, -0.25) is 4.79 Å². The van der Waals surface area contributed by atoms with Crippen LogP contribution in [0.2, 0.25) is 0 Å². The van der Waals surface area contributed by atoms with E-state index in [0.29, 0.717) is 11.3 Å². The van der Waals surface area contributed by atoms with Crippen molar-refractivity contribution in [3.63, 3.8) is 0 Å². The van der Waals surface area contributed by atoms with Gasteiger partial charge in [-0.1, -0.05) is 12.1 Å². The molecule has 0 aromatic heterocycles.